The number of unbranched alkanes of at least 4 members (excludes halogenated alkanes) is 9. The van der Waals surface area contributed by atoms with E-state index in [1.54, 1.807) is 11.8 Å². The first kappa shape index (κ1) is 31.3. The number of thioether (sulfide) groups is 1. The molecule has 1 aromatic carbocycles. The van der Waals surface area contributed by atoms with Crippen LogP contribution in [0, 0.1) is 11.3 Å². The van der Waals surface area contributed by atoms with Crippen molar-refractivity contribution in [2.45, 2.75) is 115 Å². The molecule has 1 amide bonds. The summed E-state index contributed by atoms with van der Waals surface area (Å²) in [6, 6.07) is 4.56. The second-order valence-electron chi connectivity index (χ2n) is 9.30. The molecule has 2 N–H and O–H groups in total. The van der Waals surface area contributed by atoms with Crippen LogP contribution in [0.3, 0.4) is 0 Å². The van der Waals surface area contributed by atoms with Gasteiger partial charge in [0.15, 0.2) is 5.60 Å². The largest absolute Gasteiger partial charge is 0.417 e. The summed E-state index contributed by atoms with van der Waals surface area (Å²) in [5, 5.41) is 22.3. The van der Waals surface area contributed by atoms with Gasteiger partial charge in [-0.25, -0.2) is 0 Å². The average molecular weight is 515 g/mol. The number of nitriles is 1. The van der Waals surface area contributed by atoms with E-state index in [4.69, 9.17) is 5.26 Å². The van der Waals surface area contributed by atoms with Gasteiger partial charge >= 0.3 is 6.18 Å². The third-order valence-corrected chi connectivity index (χ3v) is 7.80. The van der Waals surface area contributed by atoms with Gasteiger partial charge in [0.2, 0.25) is 0 Å². The maximum Gasteiger partial charge on any atom is 0.417 e. The number of hydrogen-bond donors (Lipinski definition) is 2. The maximum atomic E-state index is 13.3. The van der Waals surface area contributed by atoms with Crippen LogP contribution in [0.2, 0.25) is 0 Å². The number of carbonyl (C=O) groups excluding carboxylic acids is 1. The zero-order chi connectivity index (χ0) is 26.3. The van der Waals surface area contributed by atoms with E-state index >= 15 is 0 Å². The molecule has 0 aromatic heterocycles. The Morgan fingerprint density at radius 2 is 1.60 bits per heavy atom. The Bertz CT molecular complexity index is 791. The van der Waals surface area contributed by atoms with Crippen molar-refractivity contribution in [3.05, 3.63) is 29.3 Å². The van der Waals surface area contributed by atoms with Gasteiger partial charge in [0.1, 0.15) is 0 Å². The van der Waals surface area contributed by atoms with Crippen molar-refractivity contribution < 1.29 is 23.1 Å². The summed E-state index contributed by atoms with van der Waals surface area (Å²) in [6.07, 6.45) is 8.11. The summed E-state index contributed by atoms with van der Waals surface area (Å²) in [5.41, 5.74) is -3.46. The second kappa shape index (κ2) is 16.1. The van der Waals surface area contributed by atoms with E-state index in [2.05, 4.69) is 19.2 Å². The van der Waals surface area contributed by atoms with Crippen molar-refractivity contribution in [3.63, 3.8) is 0 Å². The van der Waals surface area contributed by atoms with Crippen molar-refractivity contribution in [1.82, 2.24) is 0 Å². The minimum Gasteiger partial charge on any atom is -0.379 e. The molecule has 0 aliphatic carbocycles. The molecule has 4 nitrogen and oxygen atoms in total. The van der Waals surface area contributed by atoms with Crippen LogP contribution in [0.4, 0.5) is 18.9 Å². The van der Waals surface area contributed by atoms with Crippen molar-refractivity contribution in [3.8, 4) is 6.07 Å². The van der Waals surface area contributed by atoms with E-state index in [-0.39, 0.29) is 10.9 Å². The molecule has 0 saturated heterocycles. The highest BCUT2D eigenvalue weighted by Crippen LogP contribution is 2.35. The van der Waals surface area contributed by atoms with Crippen LogP contribution >= 0.6 is 11.8 Å². The summed E-state index contributed by atoms with van der Waals surface area (Å²) in [5.74, 6) is 0.0905. The third kappa shape index (κ3) is 11.3. The lowest BCUT2D eigenvalue weighted by atomic mass is 9.95. The summed E-state index contributed by atoms with van der Waals surface area (Å²) in [4.78, 5) is 13.0. The molecule has 0 fully saturated rings. The number of nitrogens with one attached hydrogen (secondary N) is 1. The Morgan fingerprint density at radius 1 is 1.03 bits per heavy atom. The molecule has 0 spiro atoms. The van der Waals surface area contributed by atoms with Crippen LogP contribution in [-0.4, -0.2) is 27.6 Å². The van der Waals surface area contributed by atoms with Gasteiger partial charge in [-0.1, -0.05) is 78.1 Å². The van der Waals surface area contributed by atoms with Crippen LogP contribution < -0.4 is 5.32 Å². The molecule has 1 rings (SSSR count). The molecule has 0 heterocycles. The monoisotopic (exact) mass is 514 g/mol. The number of alkyl halides is 3. The molecule has 0 aliphatic heterocycles. The predicted octanol–water partition coefficient (Wildman–Crippen LogP) is 8.09. The Hall–Kier alpha value is -1.72. The summed E-state index contributed by atoms with van der Waals surface area (Å²) >= 11 is 1.57. The molecule has 0 radical (unpaired) electrons. The van der Waals surface area contributed by atoms with Gasteiger partial charge < -0.3 is 10.4 Å². The highest BCUT2D eigenvalue weighted by atomic mass is 32.2. The van der Waals surface area contributed by atoms with E-state index in [1.807, 2.05) is 0 Å². The zero-order valence-electron chi connectivity index (χ0n) is 21.3. The first-order chi connectivity index (χ1) is 16.6. The molecule has 0 aliphatic rings. The SMILES string of the molecule is CCCCCCCCC(SCCCCCCC)C(C)(O)C(=O)Nc1ccc(C#N)c(C(F)(F)F)c1. The smallest absolute Gasteiger partial charge is 0.379 e. The van der Waals surface area contributed by atoms with Gasteiger partial charge in [-0.2, -0.15) is 30.2 Å². The number of carbonyl (C=O) groups is 1. The standard InChI is InChI=1S/C27H41F3N2O2S/c1-4-6-8-10-11-13-15-24(35-18-14-12-9-7-5-2)26(3,34)25(33)32-22-17-16-21(20-31)23(19-22)27(28,29)30/h16-17,19,24,34H,4-15,18H2,1-3H3,(H,32,33). The molecule has 35 heavy (non-hydrogen) atoms. The molecule has 2 unspecified atom stereocenters. The van der Waals surface area contributed by atoms with Gasteiger partial charge in [-0.05, 0) is 43.7 Å². The molecule has 8 heteroatoms. The molecular formula is C27H41F3N2O2S. The van der Waals surface area contributed by atoms with E-state index < -0.39 is 28.8 Å². The van der Waals surface area contributed by atoms with E-state index in [1.165, 1.54) is 38.3 Å². The zero-order valence-corrected chi connectivity index (χ0v) is 22.2. The van der Waals surface area contributed by atoms with Crippen LogP contribution in [0.1, 0.15) is 109 Å². The van der Waals surface area contributed by atoms with E-state index in [9.17, 15) is 23.1 Å². The minimum atomic E-state index is -4.72. The van der Waals surface area contributed by atoms with Gasteiger partial charge in [-0.3, -0.25) is 4.79 Å². The molecular weight excluding hydrogens is 473 g/mol. The first-order valence-electron chi connectivity index (χ1n) is 12.8. The van der Waals surface area contributed by atoms with Crippen molar-refractivity contribution >= 4 is 23.4 Å². The summed E-state index contributed by atoms with van der Waals surface area (Å²) in [7, 11) is 0. The molecule has 0 saturated carbocycles. The highest BCUT2D eigenvalue weighted by Gasteiger charge is 2.40. The van der Waals surface area contributed by atoms with Crippen LogP contribution in [0.5, 0.6) is 0 Å². The van der Waals surface area contributed by atoms with E-state index in [0.717, 1.165) is 69.3 Å². The number of halogens is 3. The fourth-order valence-electron chi connectivity index (χ4n) is 3.93. The molecule has 198 valence electrons. The molecule has 2 atom stereocenters. The number of anilines is 1. The number of nitrogens with zero attached hydrogens (tertiary/aromatic N) is 1. The number of rotatable bonds is 17. The number of benzene rings is 1. The topological polar surface area (TPSA) is 73.1 Å². The van der Waals surface area contributed by atoms with Crippen molar-refractivity contribution in [2.24, 2.45) is 0 Å². The minimum absolute atomic E-state index is 0.0931. The van der Waals surface area contributed by atoms with Crippen LogP contribution in [-0.2, 0) is 11.0 Å². The normalized spacial score (nSPS) is 14.2. The lowest BCUT2D eigenvalue weighted by Gasteiger charge is -2.31. The Morgan fingerprint density at radius 3 is 2.17 bits per heavy atom. The summed E-state index contributed by atoms with van der Waals surface area (Å²) < 4.78 is 39.9. The fraction of sp³-hybridized carbons (Fsp3) is 0.704. The quantitative estimate of drug-likeness (QED) is 0.206. The van der Waals surface area contributed by atoms with Gasteiger partial charge in [0.25, 0.3) is 5.91 Å². The van der Waals surface area contributed by atoms with Gasteiger partial charge in [0, 0.05) is 10.9 Å². The highest BCUT2D eigenvalue weighted by molar-refractivity contribution is 8.00. The first-order valence-corrected chi connectivity index (χ1v) is 13.9. The van der Waals surface area contributed by atoms with Crippen molar-refractivity contribution in [2.75, 3.05) is 11.1 Å². The Kier molecular flexibility index (Phi) is 14.4. The Labute approximate surface area is 213 Å². The number of aliphatic hydroxyl groups is 1. The molecule has 0 bridgehead atoms. The predicted molar refractivity (Wildman–Crippen MR) is 138 cm³/mol. The van der Waals surface area contributed by atoms with Crippen LogP contribution in [0.15, 0.2) is 18.2 Å². The average Bonchev–Trinajstić information content (AvgIpc) is 2.81. The fourth-order valence-corrected chi connectivity index (χ4v) is 5.35. The molecule has 1 aromatic rings. The maximum absolute atomic E-state index is 13.3. The lowest BCUT2D eigenvalue weighted by molar-refractivity contribution is -0.138. The van der Waals surface area contributed by atoms with Gasteiger partial charge in [-0.15, -0.1) is 0 Å². The Balaban J connectivity index is 2.88. The number of hydrogen-bond acceptors (Lipinski definition) is 4. The van der Waals surface area contributed by atoms with Crippen LogP contribution in [0.25, 0.3) is 0 Å². The van der Waals surface area contributed by atoms with Crippen molar-refractivity contribution in [1.29, 1.82) is 5.26 Å². The second-order valence-corrected chi connectivity index (χ2v) is 10.6. The lowest BCUT2D eigenvalue weighted by Crippen LogP contribution is -2.48. The van der Waals surface area contributed by atoms with Gasteiger partial charge in [0.05, 0.1) is 17.2 Å². The number of amides is 1. The van der Waals surface area contributed by atoms with E-state index in [0.29, 0.717) is 6.42 Å². The third-order valence-electron chi connectivity index (χ3n) is 6.18. The summed E-state index contributed by atoms with van der Waals surface area (Å²) in [6.45, 7) is 5.77.